The summed E-state index contributed by atoms with van der Waals surface area (Å²) in [6.07, 6.45) is 0.864. The van der Waals surface area contributed by atoms with Crippen molar-refractivity contribution >= 4 is 28.6 Å². The van der Waals surface area contributed by atoms with Gasteiger partial charge in [-0.15, -0.1) is 22.7 Å². The van der Waals surface area contributed by atoms with Crippen molar-refractivity contribution in [1.82, 2.24) is 20.6 Å². The molecule has 0 saturated carbocycles. The first-order chi connectivity index (χ1) is 13.2. The standard InChI is InChI=1S/C20H25N5S2/c1-4-21-20(23-12-18-24-14(2)15(3)27-18)22-11-10-17-13-26-19(25-17)16-8-6-5-7-9-16/h5-9,13H,4,10-12H2,1-3H3,(H2,21,22,23). The van der Waals surface area contributed by atoms with Crippen molar-refractivity contribution in [3.8, 4) is 10.6 Å². The van der Waals surface area contributed by atoms with Crippen LogP contribution in [0.25, 0.3) is 10.6 Å². The van der Waals surface area contributed by atoms with Gasteiger partial charge in [0.2, 0.25) is 0 Å². The van der Waals surface area contributed by atoms with Crippen molar-refractivity contribution < 1.29 is 0 Å². The maximum Gasteiger partial charge on any atom is 0.191 e. The smallest absolute Gasteiger partial charge is 0.191 e. The largest absolute Gasteiger partial charge is 0.357 e. The van der Waals surface area contributed by atoms with Crippen LogP contribution in [0.5, 0.6) is 0 Å². The lowest BCUT2D eigenvalue weighted by atomic mass is 10.2. The molecule has 7 heteroatoms. The average molecular weight is 400 g/mol. The van der Waals surface area contributed by atoms with E-state index in [9.17, 15) is 0 Å². The topological polar surface area (TPSA) is 62.2 Å². The van der Waals surface area contributed by atoms with Crippen LogP contribution in [0.4, 0.5) is 0 Å². The van der Waals surface area contributed by atoms with Crippen LogP contribution in [0.2, 0.25) is 0 Å². The summed E-state index contributed by atoms with van der Waals surface area (Å²) in [5.74, 6) is 0.821. The molecule has 0 aliphatic rings. The summed E-state index contributed by atoms with van der Waals surface area (Å²) < 4.78 is 0. The van der Waals surface area contributed by atoms with E-state index < -0.39 is 0 Å². The Hall–Kier alpha value is -2.25. The molecule has 3 rings (SSSR count). The molecule has 0 saturated heterocycles. The molecule has 0 bridgehead atoms. The van der Waals surface area contributed by atoms with Crippen molar-refractivity contribution in [3.05, 3.63) is 57.0 Å². The zero-order chi connectivity index (χ0) is 19.1. The second-order valence-electron chi connectivity index (χ2n) is 6.13. The number of hydrogen-bond donors (Lipinski definition) is 2. The van der Waals surface area contributed by atoms with Crippen molar-refractivity contribution in [1.29, 1.82) is 0 Å². The molecule has 27 heavy (non-hydrogen) atoms. The van der Waals surface area contributed by atoms with Gasteiger partial charge in [0.25, 0.3) is 0 Å². The number of benzene rings is 1. The van der Waals surface area contributed by atoms with E-state index in [1.54, 1.807) is 22.7 Å². The highest BCUT2D eigenvalue weighted by molar-refractivity contribution is 7.13. The minimum Gasteiger partial charge on any atom is -0.357 e. The van der Waals surface area contributed by atoms with Gasteiger partial charge in [0.05, 0.1) is 17.9 Å². The Labute approximate surface area is 168 Å². The van der Waals surface area contributed by atoms with Gasteiger partial charge in [-0.25, -0.2) is 15.0 Å². The molecule has 0 amide bonds. The molecular formula is C20H25N5S2. The molecule has 0 fully saturated rings. The fourth-order valence-corrected chi connectivity index (χ4v) is 4.26. The van der Waals surface area contributed by atoms with E-state index in [0.717, 1.165) is 46.9 Å². The predicted octanol–water partition coefficient (Wildman–Crippen LogP) is 4.18. The van der Waals surface area contributed by atoms with Crippen LogP contribution in [-0.2, 0) is 13.0 Å². The third kappa shape index (κ3) is 5.61. The Bertz CT molecular complexity index is 863. The first-order valence-corrected chi connectivity index (χ1v) is 10.8. The van der Waals surface area contributed by atoms with Gasteiger partial charge in [-0.3, -0.25) is 0 Å². The molecule has 5 nitrogen and oxygen atoms in total. The molecule has 0 unspecified atom stereocenters. The Balaban J connectivity index is 1.53. The number of hydrogen-bond acceptors (Lipinski definition) is 5. The Kier molecular flexibility index (Phi) is 6.95. The molecule has 142 valence electrons. The van der Waals surface area contributed by atoms with Gasteiger partial charge in [0.1, 0.15) is 10.0 Å². The van der Waals surface area contributed by atoms with Gasteiger partial charge in [0, 0.05) is 35.3 Å². The summed E-state index contributed by atoms with van der Waals surface area (Å²) in [6.45, 7) is 8.43. The molecule has 2 heterocycles. The van der Waals surface area contributed by atoms with Crippen LogP contribution < -0.4 is 10.6 Å². The van der Waals surface area contributed by atoms with E-state index in [0.29, 0.717) is 6.54 Å². The minimum atomic E-state index is 0.601. The molecule has 0 aliphatic carbocycles. The van der Waals surface area contributed by atoms with Crippen molar-refractivity contribution in [2.45, 2.75) is 33.7 Å². The Morgan fingerprint density at radius 3 is 2.63 bits per heavy atom. The number of aromatic nitrogens is 2. The fourth-order valence-electron chi connectivity index (χ4n) is 2.54. The lowest BCUT2D eigenvalue weighted by Gasteiger charge is -2.10. The summed E-state index contributed by atoms with van der Waals surface area (Å²) in [4.78, 5) is 15.2. The third-order valence-corrected chi connectivity index (χ3v) is 6.03. The minimum absolute atomic E-state index is 0.601. The normalized spacial score (nSPS) is 11.6. The molecule has 3 aromatic rings. The van der Waals surface area contributed by atoms with Crippen LogP contribution >= 0.6 is 22.7 Å². The van der Waals surface area contributed by atoms with E-state index in [-0.39, 0.29) is 0 Å². The molecule has 0 radical (unpaired) electrons. The van der Waals surface area contributed by atoms with Gasteiger partial charge < -0.3 is 10.6 Å². The van der Waals surface area contributed by atoms with Gasteiger partial charge >= 0.3 is 0 Å². The fraction of sp³-hybridized carbons (Fsp3) is 0.350. The summed E-state index contributed by atoms with van der Waals surface area (Å²) in [6, 6.07) is 10.3. The first-order valence-electron chi connectivity index (χ1n) is 9.10. The van der Waals surface area contributed by atoms with Crippen molar-refractivity contribution in [2.24, 2.45) is 4.99 Å². The number of aliphatic imine (C=N–C) groups is 1. The summed E-state index contributed by atoms with van der Waals surface area (Å²) in [5, 5.41) is 10.9. The molecule has 0 atom stereocenters. The second-order valence-corrected chi connectivity index (χ2v) is 8.28. The van der Waals surface area contributed by atoms with E-state index >= 15 is 0 Å². The van der Waals surface area contributed by atoms with Crippen LogP contribution in [0.15, 0.2) is 40.7 Å². The molecule has 1 aromatic carbocycles. The summed E-state index contributed by atoms with van der Waals surface area (Å²) >= 11 is 3.40. The lowest BCUT2D eigenvalue weighted by molar-refractivity contribution is 0.790. The van der Waals surface area contributed by atoms with Gasteiger partial charge in [-0.05, 0) is 20.8 Å². The van der Waals surface area contributed by atoms with E-state index in [2.05, 4.69) is 52.0 Å². The molecular weight excluding hydrogens is 374 g/mol. The number of aryl methyl sites for hydroxylation is 2. The van der Waals surface area contributed by atoms with Gasteiger partial charge in [0.15, 0.2) is 5.96 Å². The molecule has 2 aromatic heterocycles. The average Bonchev–Trinajstić information content (AvgIpc) is 3.27. The highest BCUT2D eigenvalue weighted by Gasteiger charge is 2.06. The Morgan fingerprint density at radius 1 is 1.11 bits per heavy atom. The van der Waals surface area contributed by atoms with Crippen molar-refractivity contribution in [2.75, 3.05) is 13.1 Å². The van der Waals surface area contributed by atoms with Crippen LogP contribution in [0.1, 0.15) is 28.2 Å². The molecule has 0 spiro atoms. The number of nitrogens with one attached hydrogen (secondary N) is 2. The molecule has 2 N–H and O–H groups in total. The van der Waals surface area contributed by atoms with Crippen LogP contribution in [0, 0.1) is 13.8 Å². The third-order valence-electron chi connectivity index (χ3n) is 4.04. The number of nitrogens with zero attached hydrogens (tertiary/aromatic N) is 3. The van der Waals surface area contributed by atoms with Gasteiger partial charge in [-0.2, -0.15) is 0 Å². The SMILES string of the molecule is CCNC(=NCc1nc(C)c(C)s1)NCCc1csc(-c2ccccc2)n1. The summed E-state index contributed by atoms with van der Waals surface area (Å²) in [5.41, 5.74) is 3.37. The maximum atomic E-state index is 4.74. The van der Waals surface area contributed by atoms with E-state index in [4.69, 9.17) is 4.98 Å². The highest BCUT2D eigenvalue weighted by atomic mass is 32.1. The molecule has 0 aliphatic heterocycles. The Morgan fingerprint density at radius 2 is 1.93 bits per heavy atom. The van der Waals surface area contributed by atoms with Crippen LogP contribution in [-0.4, -0.2) is 29.0 Å². The quantitative estimate of drug-likeness (QED) is 0.462. The number of guanidine groups is 1. The van der Waals surface area contributed by atoms with E-state index in [1.807, 2.05) is 25.1 Å². The zero-order valence-electron chi connectivity index (χ0n) is 16.0. The summed E-state index contributed by atoms with van der Waals surface area (Å²) in [7, 11) is 0. The monoisotopic (exact) mass is 399 g/mol. The highest BCUT2D eigenvalue weighted by Crippen LogP contribution is 2.23. The zero-order valence-corrected chi connectivity index (χ0v) is 17.6. The predicted molar refractivity (Wildman–Crippen MR) is 116 cm³/mol. The van der Waals surface area contributed by atoms with Crippen LogP contribution in [0.3, 0.4) is 0 Å². The lowest BCUT2D eigenvalue weighted by Crippen LogP contribution is -2.38. The number of thiazole rings is 2. The first kappa shape index (κ1) is 19.5. The van der Waals surface area contributed by atoms with E-state index in [1.165, 1.54) is 10.4 Å². The maximum absolute atomic E-state index is 4.74. The van der Waals surface area contributed by atoms with Gasteiger partial charge in [-0.1, -0.05) is 30.3 Å². The second kappa shape index (κ2) is 9.62. The number of rotatable bonds is 7. The van der Waals surface area contributed by atoms with Crippen molar-refractivity contribution in [3.63, 3.8) is 0 Å².